The maximum absolute atomic E-state index is 6.22. The molecule has 0 aromatic heterocycles. The van der Waals surface area contributed by atoms with E-state index in [0.29, 0.717) is 0 Å². The first kappa shape index (κ1) is 14.3. The minimum Gasteiger partial charge on any atom is -0.367 e. The van der Waals surface area contributed by atoms with Crippen molar-refractivity contribution in [2.45, 2.75) is 19.4 Å². The van der Waals surface area contributed by atoms with Crippen LogP contribution in [-0.4, -0.2) is 31.1 Å². The molecule has 1 aliphatic heterocycles. The summed E-state index contributed by atoms with van der Waals surface area (Å²) in [7, 11) is 0. The summed E-state index contributed by atoms with van der Waals surface area (Å²) in [6, 6.07) is 19.2. The van der Waals surface area contributed by atoms with Gasteiger partial charge >= 0.3 is 0 Å². The Morgan fingerprint density at radius 2 is 1.62 bits per heavy atom. The molecule has 2 aromatic carbocycles. The van der Waals surface area contributed by atoms with Crippen molar-refractivity contribution in [3.63, 3.8) is 0 Å². The van der Waals surface area contributed by atoms with Crippen molar-refractivity contribution < 1.29 is 4.74 Å². The largest absolute Gasteiger partial charge is 0.367 e. The van der Waals surface area contributed by atoms with E-state index in [4.69, 9.17) is 4.74 Å². The molecular formula is C19H23NO. The molecule has 1 heterocycles. The van der Waals surface area contributed by atoms with Gasteiger partial charge in [-0.15, -0.1) is 0 Å². The third-order valence-corrected chi connectivity index (χ3v) is 4.12. The molecule has 21 heavy (non-hydrogen) atoms. The molecule has 1 aliphatic rings. The molecule has 0 radical (unpaired) electrons. The summed E-state index contributed by atoms with van der Waals surface area (Å²) in [5.74, 6) is 0. The molecule has 0 spiro atoms. The number of benzene rings is 2. The van der Waals surface area contributed by atoms with E-state index < -0.39 is 0 Å². The van der Waals surface area contributed by atoms with E-state index in [-0.39, 0.29) is 6.10 Å². The van der Waals surface area contributed by atoms with Crippen LogP contribution in [0.3, 0.4) is 0 Å². The van der Waals surface area contributed by atoms with E-state index in [1.54, 1.807) is 0 Å². The van der Waals surface area contributed by atoms with Gasteiger partial charge in [-0.25, -0.2) is 0 Å². The predicted molar refractivity (Wildman–Crippen MR) is 86.5 cm³/mol. The fourth-order valence-corrected chi connectivity index (χ4v) is 2.66. The zero-order chi connectivity index (χ0) is 14.5. The van der Waals surface area contributed by atoms with Gasteiger partial charge in [0.25, 0.3) is 0 Å². The van der Waals surface area contributed by atoms with Crippen molar-refractivity contribution in [2.24, 2.45) is 0 Å². The van der Waals surface area contributed by atoms with E-state index >= 15 is 0 Å². The molecule has 2 aromatic rings. The van der Waals surface area contributed by atoms with E-state index in [2.05, 4.69) is 66.4 Å². The van der Waals surface area contributed by atoms with Gasteiger partial charge in [-0.05, 0) is 37.6 Å². The molecule has 1 unspecified atom stereocenters. The van der Waals surface area contributed by atoms with Crippen molar-refractivity contribution in [3.8, 4) is 0 Å². The highest BCUT2D eigenvalue weighted by Gasteiger charge is 2.17. The second kappa shape index (κ2) is 6.88. The Bertz CT molecular complexity index is 546. The molecule has 1 saturated heterocycles. The number of likely N-dealkylation sites (tertiary alicyclic amines) is 1. The van der Waals surface area contributed by atoms with E-state index in [9.17, 15) is 0 Å². The molecule has 2 heteroatoms. The highest BCUT2D eigenvalue weighted by Crippen LogP contribution is 2.26. The van der Waals surface area contributed by atoms with Gasteiger partial charge < -0.3 is 9.64 Å². The van der Waals surface area contributed by atoms with Crippen molar-refractivity contribution in [2.75, 3.05) is 26.2 Å². The molecule has 3 rings (SSSR count). The molecule has 0 N–H and O–H groups in total. The fourth-order valence-electron chi connectivity index (χ4n) is 2.66. The molecule has 1 atom stereocenters. The van der Waals surface area contributed by atoms with Crippen molar-refractivity contribution >= 4 is 0 Å². The minimum absolute atomic E-state index is 0.0353. The second-order valence-corrected chi connectivity index (χ2v) is 5.77. The fraction of sp³-hybridized carbons (Fsp3) is 0.368. The number of ether oxygens (including phenoxy) is 1. The first-order valence-electron chi connectivity index (χ1n) is 7.78. The molecule has 1 fully saturated rings. The zero-order valence-electron chi connectivity index (χ0n) is 12.7. The van der Waals surface area contributed by atoms with Crippen LogP contribution in [0.1, 0.15) is 29.2 Å². The predicted octanol–water partition coefficient (Wildman–Crippen LogP) is 3.81. The van der Waals surface area contributed by atoms with Crippen LogP contribution >= 0.6 is 0 Å². The number of aryl methyl sites for hydroxylation is 1. The number of hydrogen-bond acceptors (Lipinski definition) is 2. The molecule has 2 nitrogen and oxygen atoms in total. The Kier molecular flexibility index (Phi) is 4.69. The lowest BCUT2D eigenvalue weighted by atomic mass is 10.0. The van der Waals surface area contributed by atoms with E-state index in [1.165, 1.54) is 36.2 Å². The third kappa shape index (κ3) is 3.72. The smallest absolute Gasteiger partial charge is 0.108 e. The van der Waals surface area contributed by atoms with Gasteiger partial charge in [0, 0.05) is 6.54 Å². The van der Waals surface area contributed by atoms with Crippen LogP contribution < -0.4 is 0 Å². The molecule has 0 amide bonds. The number of hydrogen-bond donors (Lipinski definition) is 0. The summed E-state index contributed by atoms with van der Waals surface area (Å²) < 4.78 is 6.22. The van der Waals surface area contributed by atoms with E-state index in [1.807, 2.05) is 0 Å². The summed E-state index contributed by atoms with van der Waals surface area (Å²) in [6.07, 6.45) is 1.37. The second-order valence-electron chi connectivity index (χ2n) is 5.77. The summed E-state index contributed by atoms with van der Waals surface area (Å²) in [4.78, 5) is 2.44. The Morgan fingerprint density at radius 1 is 0.952 bits per heavy atom. The van der Waals surface area contributed by atoms with Gasteiger partial charge in [0.1, 0.15) is 6.10 Å². The van der Waals surface area contributed by atoms with Gasteiger partial charge in [-0.2, -0.15) is 0 Å². The normalized spacial score (nSPS) is 16.4. The van der Waals surface area contributed by atoms with Crippen LogP contribution in [0.2, 0.25) is 0 Å². The quantitative estimate of drug-likeness (QED) is 0.798. The summed E-state index contributed by atoms with van der Waals surface area (Å²) >= 11 is 0. The highest BCUT2D eigenvalue weighted by molar-refractivity contribution is 5.31. The first-order valence-corrected chi connectivity index (χ1v) is 7.78. The molecule has 0 aliphatic carbocycles. The Morgan fingerprint density at radius 3 is 2.24 bits per heavy atom. The zero-order valence-corrected chi connectivity index (χ0v) is 12.7. The summed E-state index contributed by atoms with van der Waals surface area (Å²) in [5, 5.41) is 0. The highest BCUT2D eigenvalue weighted by atomic mass is 16.5. The van der Waals surface area contributed by atoms with Crippen LogP contribution in [0.15, 0.2) is 54.6 Å². The standard InChI is InChI=1S/C19H23NO/c1-16-8-10-18(11-9-16)19(17-6-3-2-4-7-17)21-15-14-20-12-5-13-20/h2-4,6-11,19H,5,12-15H2,1H3. The Labute approximate surface area is 127 Å². The average Bonchev–Trinajstić information content (AvgIpc) is 2.48. The van der Waals surface area contributed by atoms with Crippen LogP contribution in [0.25, 0.3) is 0 Å². The minimum atomic E-state index is 0.0353. The van der Waals surface area contributed by atoms with Crippen LogP contribution in [0.5, 0.6) is 0 Å². The molecule has 0 bridgehead atoms. The lowest BCUT2D eigenvalue weighted by Gasteiger charge is -2.31. The number of nitrogens with zero attached hydrogens (tertiary/aromatic N) is 1. The van der Waals surface area contributed by atoms with E-state index in [0.717, 1.165) is 13.2 Å². The van der Waals surface area contributed by atoms with Gasteiger partial charge in [0.05, 0.1) is 6.61 Å². The average molecular weight is 281 g/mol. The Balaban J connectivity index is 1.72. The SMILES string of the molecule is Cc1ccc(C(OCCN2CCC2)c2ccccc2)cc1. The van der Waals surface area contributed by atoms with Crippen LogP contribution in [0.4, 0.5) is 0 Å². The van der Waals surface area contributed by atoms with Crippen LogP contribution in [-0.2, 0) is 4.74 Å². The molecule has 110 valence electrons. The molecular weight excluding hydrogens is 258 g/mol. The Hall–Kier alpha value is -1.64. The summed E-state index contributed by atoms with van der Waals surface area (Å²) in [5.41, 5.74) is 3.74. The monoisotopic (exact) mass is 281 g/mol. The summed E-state index contributed by atoms with van der Waals surface area (Å²) in [6.45, 7) is 6.39. The molecule has 0 saturated carbocycles. The third-order valence-electron chi connectivity index (χ3n) is 4.12. The number of rotatable bonds is 6. The van der Waals surface area contributed by atoms with Crippen molar-refractivity contribution in [1.29, 1.82) is 0 Å². The van der Waals surface area contributed by atoms with Crippen molar-refractivity contribution in [1.82, 2.24) is 4.90 Å². The lowest BCUT2D eigenvalue weighted by molar-refractivity contribution is 0.0456. The van der Waals surface area contributed by atoms with Crippen molar-refractivity contribution in [3.05, 3.63) is 71.3 Å². The van der Waals surface area contributed by atoms with Gasteiger partial charge in [0.15, 0.2) is 0 Å². The topological polar surface area (TPSA) is 12.5 Å². The first-order chi connectivity index (χ1) is 10.3. The van der Waals surface area contributed by atoms with Gasteiger partial charge in [0.2, 0.25) is 0 Å². The van der Waals surface area contributed by atoms with Crippen LogP contribution in [0, 0.1) is 6.92 Å². The maximum atomic E-state index is 6.22. The van der Waals surface area contributed by atoms with Gasteiger partial charge in [-0.1, -0.05) is 60.2 Å². The maximum Gasteiger partial charge on any atom is 0.108 e. The van der Waals surface area contributed by atoms with Gasteiger partial charge in [-0.3, -0.25) is 0 Å². The lowest BCUT2D eigenvalue weighted by Crippen LogP contribution is -2.39.